The molecular weight excluding hydrogens is 306 g/mol. The van der Waals surface area contributed by atoms with Crippen molar-refractivity contribution in [3.63, 3.8) is 0 Å². The fraction of sp³-hybridized carbons (Fsp3) is 0.667. The normalized spacial score (nSPS) is 33.7. The molecule has 0 aliphatic heterocycles. The Balaban J connectivity index is 1.41. The van der Waals surface area contributed by atoms with Crippen LogP contribution in [-0.2, 0) is 6.54 Å². The van der Waals surface area contributed by atoms with E-state index in [2.05, 4.69) is 29.3 Å². The van der Waals surface area contributed by atoms with Gasteiger partial charge in [0.2, 0.25) is 0 Å². The summed E-state index contributed by atoms with van der Waals surface area (Å²) in [5.41, 5.74) is 0.194. The Morgan fingerprint density at radius 3 is 2.96 bits per heavy atom. The lowest BCUT2D eigenvalue weighted by Crippen LogP contribution is -2.48. The van der Waals surface area contributed by atoms with Gasteiger partial charge in [0.25, 0.3) is 5.89 Å². The average Bonchev–Trinajstić information content (AvgIpc) is 3.11. The Kier molecular flexibility index (Phi) is 4.01. The molecule has 0 spiro atoms. The Bertz CT molecular complexity index is 643. The van der Waals surface area contributed by atoms with Crippen LogP contribution in [0.5, 0.6) is 0 Å². The van der Waals surface area contributed by atoms with Crippen molar-refractivity contribution in [2.45, 2.75) is 58.0 Å². The first-order valence-corrected chi connectivity index (χ1v) is 9.59. The molecule has 124 valence electrons. The van der Waals surface area contributed by atoms with Gasteiger partial charge in [-0.05, 0) is 68.2 Å². The number of thiophene rings is 1. The zero-order valence-corrected chi connectivity index (χ0v) is 14.7. The first kappa shape index (κ1) is 15.3. The van der Waals surface area contributed by atoms with Crippen molar-refractivity contribution in [2.24, 2.45) is 17.8 Å². The van der Waals surface area contributed by atoms with E-state index in [1.54, 1.807) is 11.3 Å². The molecule has 3 saturated carbocycles. The van der Waals surface area contributed by atoms with E-state index < -0.39 is 0 Å². The maximum absolute atomic E-state index is 5.39. The topological polar surface area (TPSA) is 51.0 Å². The molecule has 3 fully saturated rings. The van der Waals surface area contributed by atoms with Gasteiger partial charge in [-0.15, -0.1) is 11.3 Å². The minimum atomic E-state index is 0.194. The number of hydrogen-bond donors (Lipinski definition) is 1. The fourth-order valence-corrected chi connectivity index (χ4v) is 5.28. The van der Waals surface area contributed by atoms with Crippen LogP contribution in [0.2, 0.25) is 0 Å². The van der Waals surface area contributed by atoms with E-state index in [4.69, 9.17) is 4.52 Å². The SMILES string of the molecule is CC1CC2CC(C2)CC(C)(NCc2noc(-c3cccs3)n2)C1. The van der Waals surface area contributed by atoms with E-state index in [0.717, 1.165) is 28.5 Å². The van der Waals surface area contributed by atoms with Crippen LogP contribution >= 0.6 is 11.3 Å². The van der Waals surface area contributed by atoms with Crippen molar-refractivity contribution < 1.29 is 4.52 Å². The maximum Gasteiger partial charge on any atom is 0.268 e. The summed E-state index contributed by atoms with van der Waals surface area (Å²) < 4.78 is 5.39. The van der Waals surface area contributed by atoms with Gasteiger partial charge in [0, 0.05) is 5.54 Å². The number of aromatic nitrogens is 2. The van der Waals surface area contributed by atoms with Crippen molar-refractivity contribution >= 4 is 11.3 Å². The summed E-state index contributed by atoms with van der Waals surface area (Å²) in [6.07, 6.45) is 6.80. The van der Waals surface area contributed by atoms with Crippen LogP contribution in [0.15, 0.2) is 22.0 Å². The first-order valence-electron chi connectivity index (χ1n) is 8.71. The number of nitrogens with zero attached hydrogens (tertiary/aromatic N) is 2. The lowest BCUT2D eigenvalue weighted by atomic mass is 9.62. The highest BCUT2D eigenvalue weighted by Crippen LogP contribution is 2.47. The van der Waals surface area contributed by atoms with E-state index in [-0.39, 0.29) is 5.54 Å². The molecule has 5 heteroatoms. The van der Waals surface area contributed by atoms with Crippen molar-refractivity contribution in [1.29, 1.82) is 0 Å². The molecule has 3 aliphatic rings. The third-order valence-electron chi connectivity index (χ3n) is 5.48. The molecule has 23 heavy (non-hydrogen) atoms. The van der Waals surface area contributed by atoms with Gasteiger partial charge in [0.1, 0.15) is 0 Å². The summed E-state index contributed by atoms with van der Waals surface area (Å²) in [6, 6.07) is 4.02. The van der Waals surface area contributed by atoms with E-state index in [0.29, 0.717) is 12.4 Å². The first-order chi connectivity index (χ1) is 11.1. The summed E-state index contributed by atoms with van der Waals surface area (Å²) in [5, 5.41) is 9.91. The van der Waals surface area contributed by atoms with Crippen LogP contribution in [0.3, 0.4) is 0 Å². The van der Waals surface area contributed by atoms with Gasteiger partial charge in [-0.1, -0.05) is 18.1 Å². The third-order valence-corrected chi connectivity index (χ3v) is 6.34. The predicted octanol–water partition coefficient (Wildman–Crippen LogP) is 4.49. The summed E-state index contributed by atoms with van der Waals surface area (Å²) >= 11 is 1.63. The van der Waals surface area contributed by atoms with Gasteiger partial charge in [-0.3, -0.25) is 0 Å². The quantitative estimate of drug-likeness (QED) is 0.896. The highest BCUT2D eigenvalue weighted by atomic mass is 32.1. The molecule has 5 rings (SSSR count). The second-order valence-electron chi connectivity index (χ2n) is 7.86. The molecule has 4 nitrogen and oxygen atoms in total. The Labute approximate surface area is 141 Å². The molecule has 0 saturated heterocycles. The number of hydrogen-bond acceptors (Lipinski definition) is 5. The van der Waals surface area contributed by atoms with Crippen molar-refractivity contribution in [3.8, 4) is 10.8 Å². The Morgan fingerprint density at radius 2 is 2.17 bits per heavy atom. The maximum atomic E-state index is 5.39. The van der Waals surface area contributed by atoms with Crippen molar-refractivity contribution in [2.75, 3.05) is 0 Å². The van der Waals surface area contributed by atoms with Gasteiger partial charge in [0.05, 0.1) is 11.4 Å². The molecule has 0 radical (unpaired) electrons. The van der Waals surface area contributed by atoms with Gasteiger partial charge < -0.3 is 9.84 Å². The van der Waals surface area contributed by atoms with Gasteiger partial charge in [-0.2, -0.15) is 4.98 Å². The smallest absolute Gasteiger partial charge is 0.268 e. The second-order valence-corrected chi connectivity index (χ2v) is 8.81. The van der Waals surface area contributed by atoms with Crippen LogP contribution < -0.4 is 5.32 Å². The monoisotopic (exact) mass is 331 g/mol. The Morgan fingerprint density at radius 1 is 1.30 bits per heavy atom. The molecular formula is C18H25N3OS. The minimum absolute atomic E-state index is 0.194. The number of rotatable bonds is 4. The molecule has 2 heterocycles. The summed E-state index contributed by atoms with van der Waals surface area (Å²) in [7, 11) is 0. The largest absolute Gasteiger partial charge is 0.333 e. The fourth-order valence-electron chi connectivity index (χ4n) is 4.64. The lowest BCUT2D eigenvalue weighted by Gasteiger charge is -2.47. The average molecular weight is 331 g/mol. The van der Waals surface area contributed by atoms with Crippen LogP contribution in [0.4, 0.5) is 0 Å². The van der Waals surface area contributed by atoms with Crippen LogP contribution in [0.25, 0.3) is 10.8 Å². The molecule has 2 aromatic heterocycles. The second kappa shape index (κ2) is 6.02. The summed E-state index contributed by atoms with van der Waals surface area (Å²) in [6.45, 7) is 5.47. The Hall–Kier alpha value is -1.20. The molecule has 0 amide bonds. The van der Waals surface area contributed by atoms with Crippen molar-refractivity contribution in [3.05, 3.63) is 23.3 Å². The van der Waals surface area contributed by atoms with E-state index in [9.17, 15) is 0 Å². The third kappa shape index (κ3) is 3.36. The highest BCUT2D eigenvalue weighted by molar-refractivity contribution is 7.13. The van der Waals surface area contributed by atoms with Crippen LogP contribution in [-0.4, -0.2) is 15.7 Å². The van der Waals surface area contributed by atoms with Crippen molar-refractivity contribution in [1.82, 2.24) is 15.5 Å². The zero-order valence-electron chi connectivity index (χ0n) is 13.9. The molecule has 3 aliphatic carbocycles. The summed E-state index contributed by atoms with van der Waals surface area (Å²) in [4.78, 5) is 5.57. The van der Waals surface area contributed by atoms with Gasteiger partial charge >= 0.3 is 0 Å². The van der Waals surface area contributed by atoms with E-state index >= 15 is 0 Å². The predicted molar refractivity (Wildman–Crippen MR) is 92.1 cm³/mol. The van der Waals surface area contributed by atoms with Gasteiger partial charge in [-0.25, -0.2) is 0 Å². The zero-order chi connectivity index (χ0) is 15.9. The standard InChI is InChI=1S/C18H25N3OS/c1-12-6-13-7-14(8-13)10-18(2,9-12)19-11-16-20-17(22-21-16)15-4-3-5-23-15/h3-5,12-14,19H,6-11H2,1-2H3. The molecule has 2 aromatic rings. The van der Waals surface area contributed by atoms with Crippen LogP contribution in [0, 0.1) is 17.8 Å². The number of nitrogens with one attached hydrogen (secondary N) is 1. The molecule has 2 unspecified atom stereocenters. The molecule has 1 N–H and O–H groups in total. The van der Waals surface area contributed by atoms with E-state index in [1.807, 2.05) is 17.5 Å². The van der Waals surface area contributed by atoms with E-state index in [1.165, 1.54) is 32.1 Å². The minimum Gasteiger partial charge on any atom is -0.333 e. The lowest BCUT2D eigenvalue weighted by molar-refractivity contribution is 0.0698. The molecule has 2 atom stereocenters. The summed E-state index contributed by atoms with van der Waals surface area (Å²) in [5.74, 6) is 4.11. The van der Waals surface area contributed by atoms with Gasteiger partial charge in [0.15, 0.2) is 5.82 Å². The molecule has 0 aromatic carbocycles. The van der Waals surface area contributed by atoms with Crippen LogP contribution in [0.1, 0.15) is 51.8 Å². The molecule has 2 bridgehead atoms. The number of fused-ring (bicyclic) bond motifs is 4. The highest BCUT2D eigenvalue weighted by Gasteiger charge is 2.40.